The summed E-state index contributed by atoms with van der Waals surface area (Å²) in [5, 5.41) is 2.95. The number of aromatic amines is 1. The van der Waals surface area contributed by atoms with Crippen molar-refractivity contribution in [3.05, 3.63) is 58.1 Å². The van der Waals surface area contributed by atoms with Crippen molar-refractivity contribution in [3.63, 3.8) is 0 Å². The number of pyridine rings is 2. The summed E-state index contributed by atoms with van der Waals surface area (Å²) in [4.78, 5) is 29.7. The molecule has 98 valence electrons. The van der Waals surface area contributed by atoms with Crippen LogP contribution in [-0.2, 0) is 11.3 Å². The molecule has 2 aromatic rings. The van der Waals surface area contributed by atoms with E-state index in [2.05, 4.69) is 20.0 Å². The first-order valence-electron chi connectivity index (χ1n) is 5.66. The molecule has 0 spiro atoms. The third-order valence-electron chi connectivity index (χ3n) is 2.56. The maximum absolute atomic E-state index is 11.5. The highest BCUT2D eigenvalue weighted by Gasteiger charge is 2.12. The molecular weight excluding hydrogens is 246 g/mol. The number of anilines is 1. The van der Waals surface area contributed by atoms with Crippen LogP contribution in [0.3, 0.4) is 0 Å². The molecule has 0 aliphatic carbocycles. The second-order valence-electron chi connectivity index (χ2n) is 3.77. The normalized spacial score (nSPS) is 9.95. The van der Waals surface area contributed by atoms with Crippen LogP contribution in [-0.4, -0.2) is 23.0 Å². The molecule has 2 N–H and O–H groups in total. The second-order valence-corrected chi connectivity index (χ2v) is 3.77. The van der Waals surface area contributed by atoms with Gasteiger partial charge in [-0.2, -0.15) is 0 Å². The molecule has 6 nitrogen and oxygen atoms in total. The van der Waals surface area contributed by atoms with E-state index in [0.29, 0.717) is 16.9 Å². The zero-order chi connectivity index (χ0) is 13.7. The maximum atomic E-state index is 11.5. The molecule has 6 heteroatoms. The first-order chi connectivity index (χ1) is 9.22. The minimum Gasteiger partial charge on any atom is -0.465 e. The van der Waals surface area contributed by atoms with Crippen LogP contribution in [0, 0.1) is 0 Å². The lowest BCUT2D eigenvalue weighted by Crippen LogP contribution is -2.16. The van der Waals surface area contributed by atoms with Gasteiger partial charge >= 0.3 is 5.97 Å². The van der Waals surface area contributed by atoms with E-state index in [0.717, 1.165) is 0 Å². The number of aromatic nitrogens is 2. The Balaban J connectivity index is 2.18. The van der Waals surface area contributed by atoms with Crippen LogP contribution >= 0.6 is 0 Å². The lowest BCUT2D eigenvalue weighted by Gasteiger charge is -2.08. The number of hydrogen-bond acceptors (Lipinski definition) is 5. The van der Waals surface area contributed by atoms with Gasteiger partial charge in [-0.15, -0.1) is 0 Å². The Hall–Kier alpha value is -2.63. The Morgan fingerprint density at radius 3 is 3.00 bits per heavy atom. The average molecular weight is 259 g/mol. The Kier molecular flexibility index (Phi) is 3.92. The van der Waals surface area contributed by atoms with Crippen LogP contribution in [0.25, 0.3) is 0 Å². The largest absolute Gasteiger partial charge is 0.465 e. The van der Waals surface area contributed by atoms with Crippen LogP contribution in [0.1, 0.15) is 15.9 Å². The molecule has 0 unspecified atom stereocenters. The van der Waals surface area contributed by atoms with Gasteiger partial charge < -0.3 is 15.0 Å². The molecule has 0 saturated carbocycles. The third-order valence-corrected chi connectivity index (χ3v) is 2.56. The van der Waals surface area contributed by atoms with E-state index in [9.17, 15) is 9.59 Å². The van der Waals surface area contributed by atoms with Crippen molar-refractivity contribution in [2.75, 3.05) is 12.4 Å². The van der Waals surface area contributed by atoms with Crippen LogP contribution in [0.5, 0.6) is 0 Å². The molecule has 0 aromatic carbocycles. The number of ether oxygens (including phenoxy) is 1. The molecule has 2 aromatic heterocycles. The number of H-pyrrole nitrogens is 1. The summed E-state index contributed by atoms with van der Waals surface area (Å²) in [5.74, 6) is -0.0878. The fraction of sp³-hybridized carbons (Fsp3) is 0.154. The summed E-state index contributed by atoms with van der Waals surface area (Å²) < 4.78 is 4.67. The topological polar surface area (TPSA) is 84.1 Å². The molecule has 0 radical (unpaired) electrons. The smallest absolute Gasteiger partial charge is 0.341 e. The number of carbonyl (C=O) groups is 1. The monoisotopic (exact) mass is 259 g/mol. The Bertz CT molecular complexity index is 637. The first kappa shape index (κ1) is 12.8. The summed E-state index contributed by atoms with van der Waals surface area (Å²) >= 11 is 0. The van der Waals surface area contributed by atoms with Gasteiger partial charge in [0.2, 0.25) is 0 Å². The van der Waals surface area contributed by atoms with E-state index in [4.69, 9.17) is 0 Å². The number of esters is 1. The highest BCUT2D eigenvalue weighted by atomic mass is 16.5. The molecule has 0 amide bonds. The van der Waals surface area contributed by atoms with Crippen molar-refractivity contribution >= 4 is 11.8 Å². The number of nitrogens with zero attached hydrogens (tertiary/aromatic N) is 1. The third kappa shape index (κ3) is 2.98. The van der Waals surface area contributed by atoms with Gasteiger partial charge in [0, 0.05) is 24.5 Å². The number of nitrogens with one attached hydrogen (secondary N) is 2. The van der Waals surface area contributed by atoms with E-state index in [1.54, 1.807) is 36.7 Å². The number of hydrogen-bond donors (Lipinski definition) is 2. The van der Waals surface area contributed by atoms with Gasteiger partial charge in [-0.1, -0.05) is 6.07 Å². The van der Waals surface area contributed by atoms with Crippen molar-refractivity contribution in [2.45, 2.75) is 6.54 Å². The van der Waals surface area contributed by atoms with Crippen molar-refractivity contribution in [1.82, 2.24) is 9.97 Å². The van der Waals surface area contributed by atoms with Gasteiger partial charge in [-0.3, -0.25) is 4.79 Å². The second kappa shape index (κ2) is 5.81. The van der Waals surface area contributed by atoms with Gasteiger partial charge in [0.1, 0.15) is 11.4 Å². The average Bonchev–Trinajstić information content (AvgIpc) is 2.46. The van der Waals surface area contributed by atoms with Gasteiger partial charge in [-0.05, 0) is 18.2 Å². The summed E-state index contributed by atoms with van der Waals surface area (Å²) in [6.07, 6.45) is 3.12. The molecule has 0 bridgehead atoms. The van der Waals surface area contributed by atoms with Crippen LogP contribution in [0.15, 0.2) is 41.5 Å². The van der Waals surface area contributed by atoms with Gasteiger partial charge in [0.05, 0.1) is 7.11 Å². The van der Waals surface area contributed by atoms with Crippen LogP contribution in [0.4, 0.5) is 5.82 Å². The Labute approximate surface area is 109 Å². The highest BCUT2D eigenvalue weighted by Crippen LogP contribution is 2.13. The zero-order valence-corrected chi connectivity index (χ0v) is 10.3. The summed E-state index contributed by atoms with van der Waals surface area (Å²) in [6.45, 7) is 0.275. The first-order valence-corrected chi connectivity index (χ1v) is 5.66. The Morgan fingerprint density at radius 1 is 1.42 bits per heavy atom. The van der Waals surface area contributed by atoms with Gasteiger partial charge in [0.25, 0.3) is 5.56 Å². The van der Waals surface area contributed by atoms with Crippen molar-refractivity contribution < 1.29 is 9.53 Å². The molecule has 0 atom stereocenters. The molecular formula is C13H13N3O3. The maximum Gasteiger partial charge on any atom is 0.341 e. The molecule has 0 aliphatic heterocycles. The lowest BCUT2D eigenvalue weighted by molar-refractivity contribution is 0.0601. The predicted molar refractivity (Wildman–Crippen MR) is 70.0 cm³/mol. The Morgan fingerprint density at radius 2 is 2.26 bits per heavy atom. The SMILES string of the molecule is COC(=O)c1cccnc1NCc1ccc[nH]c1=O. The summed E-state index contributed by atoms with van der Waals surface area (Å²) in [6, 6.07) is 6.69. The van der Waals surface area contributed by atoms with E-state index in [-0.39, 0.29) is 12.1 Å². The molecule has 0 fully saturated rings. The van der Waals surface area contributed by atoms with Crippen LogP contribution < -0.4 is 10.9 Å². The molecule has 0 saturated heterocycles. The van der Waals surface area contributed by atoms with E-state index in [1.807, 2.05) is 0 Å². The number of rotatable bonds is 4. The molecule has 19 heavy (non-hydrogen) atoms. The predicted octanol–water partition coefficient (Wildman–Crippen LogP) is 1.17. The lowest BCUT2D eigenvalue weighted by atomic mass is 10.2. The van der Waals surface area contributed by atoms with Crippen LogP contribution in [0.2, 0.25) is 0 Å². The van der Waals surface area contributed by atoms with Crippen molar-refractivity contribution in [3.8, 4) is 0 Å². The van der Waals surface area contributed by atoms with Gasteiger partial charge in [0.15, 0.2) is 0 Å². The van der Waals surface area contributed by atoms with E-state index < -0.39 is 5.97 Å². The quantitative estimate of drug-likeness (QED) is 0.805. The number of carbonyl (C=O) groups excluding carboxylic acids is 1. The molecule has 0 aliphatic rings. The minimum absolute atomic E-state index is 0.175. The van der Waals surface area contributed by atoms with E-state index in [1.165, 1.54) is 7.11 Å². The highest BCUT2D eigenvalue weighted by molar-refractivity contribution is 5.94. The minimum atomic E-state index is -0.474. The molecule has 2 rings (SSSR count). The fourth-order valence-corrected chi connectivity index (χ4v) is 1.60. The molecule has 2 heterocycles. The standard InChI is InChI=1S/C13H13N3O3/c1-19-13(18)10-5-3-6-14-11(10)16-8-9-4-2-7-15-12(9)17/h2-7H,8H2,1H3,(H,14,16)(H,15,17). The van der Waals surface area contributed by atoms with Crippen molar-refractivity contribution in [1.29, 1.82) is 0 Å². The number of methoxy groups -OCH3 is 1. The fourth-order valence-electron chi connectivity index (χ4n) is 1.60. The van der Waals surface area contributed by atoms with Crippen molar-refractivity contribution in [2.24, 2.45) is 0 Å². The zero-order valence-electron chi connectivity index (χ0n) is 10.3. The summed E-state index contributed by atoms with van der Waals surface area (Å²) in [7, 11) is 1.31. The summed E-state index contributed by atoms with van der Waals surface area (Å²) in [5.41, 5.74) is 0.715. The van der Waals surface area contributed by atoms with E-state index >= 15 is 0 Å². The van der Waals surface area contributed by atoms with Gasteiger partial charge in [-0.25, -0.2) is 9.78 Å².